The number of carbonyl (C=O) groups excluding carboxylic acids is 1. The van der Waals surface area contributed by atoms with Gasteiger partial charge in [0.15, 0.2) is 0 Å². The summed E-state index contributed by atoms with van der Waals surface area (Å²) in [5, 5.41) is 13.3. The number of carbonyl (C=O) groups is 1. The number of nitrogens with one attached hydrogen (secondary N) is 1. The number of fused-ring (bicyclic) bond motifs is 3. The van der Waals surface area contributed by atoms with Crippen LogP contribution in [0.15, 0.2) is 12.1 Å². The minimum absolute atomic E-state index is 0.166. The van der Waals surface area contributed by atoms with Crippen molar-refractivity contribution in [1.82, 2.24) is 0 Å². The molecule has 3 rings (SSSR count). The van der Waals surface area contributed by atoms with Crippen LogP contribution in [0.2, 0.25) is 0 Å². The van der Waals surface area contributed by atoms with Gasteiger partial charge in [-0.1, -0.05) is 12.1 Å². The average molecular weight is 295 g/mol. The Morgan fingerprint density at radius 1 is 1.05 bits per heavy atom. The van der Waals surface area contributed by atoms with Gasteiger partial charge in [-0.15, -0.1) is 0 Å². The van der Waals surface area contributed by atoms with E-state index in [1.165, 1.54) is 34.7 Å². The second-order valence-electron chi connectivity index (χ2n) is 6.23. The first-order valence-electron chi connectivity index (χ1n) is 7.55. The summed E-state index contributed by atoms with van der Waals surface area (Å²) < 4.78 is 0. The Morgan fingerprint density at radius 2 is 1.73 bits per heavy atom. The van der Waals surface area contributed by atoms with E-state index in [0.29, 0.717) is 5.69 Å². The van der Waals surface area contributed by atoms with Gasteiger partial charge in [-0.05, 0) is 73.1 Å². The summed E-state index contributed by atoms with van der Waals surface area (Å²) in [7, 11) is 0. The van der Waals surface area contributed by atoms with E-state index in [1.54, 1.807) is 0 Å². The second-order valence-corrected chi connectivity index (χ2v) is 6.23. The van der Waals surface area contributed by atoms with Gasteiger partial charge in [-0.25, -0.2) is 0 Å². The Bertz CT molecular complexity index is 819. The lowest BCUT2D eigenvalue weighted by Crippen LogP contribution is -2.09. The molecule has 1 amide bonds. The highest BCUT2D eigenvalue weighted by Crippen LogP contribution is 2.49. The number of benzene rings is 2. The van der Waals surface area contributed by atoms with E-state index in [-0.39, 0.29) is 11.7 Å². The van der Waals surface area contributed by atoms with E-state index in [9.17, 15) is 9.90 Å². The number of anilines is 1. The maximum Gasteiger partial charge on any atom is 0.221 e. The number of phenols is 1. The highest BCUT2D eigenvalue weighted by Gasteiger charge is 2.28. The number of phenolic OH excluding ortho intramolecular Hbond substituents is 1. The highest BCUT2D eigenvalue weighted by molar-refractivity contribution is 5.96. The predicted octanol–water partition coefficient (Wildman–Crippen LogP) is 4.16. The molecule has 1 aliphatic rings. The smallest absolute Gasteiger partial charge is 0.221 e. The molecule has 2 N–H and O–H groups in total. The molecule has 0 atom stereocenters. The van der Waals surface area contributed by atoms with Crippen molar-refractivity contribution in [3.05, 3.63) is 45.5 Å². The van der Waals surface area contributed by atoms with E-state index in [0.717, 1.165) is 23.1 Å². The minimum atomic E-state index is -0.166. The van der Waals surface area contributed by atoms with Crippen molar-refractivity contribution in [2.75, 3.05) is 5.32 Å². The zero-order chi connectivity index (χ0) is 16.2. The number of hydrogen-bond donors (Lipinski definition) is 2. The van der Waals surface area contributed by atoms with Crippen LogP contribution in [0.4, 0.5) is 5.69 Å². The van der Waals surface area contributed by atoms with Gasteiger partial charge in [0.05, 0.1) is 5.69 Å². The summed E-state index contributed by atoms with van der Waals surface area (Å²) >= 11 is 0. The van der Waals surface area contributed by atoms with E-state index in [1.807, 2.05) is 13.8 Å². The topological polar surface area (TPSA) is 49.3 Å². The first-order chi connectivity index (χ1) is 10.3. The van der Waals surface area contributed by atoms with E-state index in [2.05, 4.69) is 31.3 Å². The molecule has 0 aromatic heterocycles. The number of hydrogen-bond acceptors (Lipinski definition) is 2. The fourth-order valence-corrected chi connectivity index (χ4v) is 3.49. The molecule has 2 aromatic rings. The zero-order valence-electron chi connectivity index (χ0n) is 13.7. The number of amides is 1. The van der Waals surface area contributed by atoms with Crippen LogP contribution in [-0.4, -0.2) is 11.0 Å². The largest absolute Gasteiger partial charge is 0.505 e. The van der Waals surface area contributed by atoms with Crippen LogP contribution >= 0.6 is 0 Å². The summed E-state index contributed by atoms with van der Waals surface area (Å²) in [5.74, 6) is 0.0143. The predicted molar refractivity (Wildman–Crippen MR) is 89.6 cm³/mol. The van der Waals surface area contributed by atoms with Crippen molar-refractivity contribution in [2.45, 2.75) is 41.0 Å². The molecule has 3 nitrogen and oxygen atoms in total. The molecule has 2 aromatic carbocycles. The van der Waals surface area contributed by atoms with Gasteiger partial charge < -0.3 is 10.4 Å². The van der Waals surface area contributed by atoms with Gasteiger partial charge in [-0.3, -0.25) is 4.79 Å². The van der Waals surface area contributed by atoms with E-state index in [4.69, 9.17) is 0 Å². The van der Waals surface area contributed by atoms with Crippen LogP contribution in [0, 0.1) is 27.7 Å². The van der Waals surface area contributed by atoms with Crippen molar-refractivity contribution in [2.24, 2.45) is 0 Å². The lowest BCUT2D eigenvalue weighted by molar-refractivity contribution is -0.114. The van der Waals surface area contributed by atoms with Crippen molar-refractivity contribution in [1.29, 1.82) is 0 Å². The van der Waals surface area contributed by atoms with Crippen LogP contribution < -0.4 is 5.32 Å². The molecule has 0 saturated carbocycles. The van der Waals surface area contributed by atoms with Gasteiger partial charge >= 0.3 is 0 Å². The zero-order valence-corrected chi connectivity index (χ0v) is 13.7. The summed E-state index contributed by atoms with van der Waals surface area (Å²) in [6, 6.07) is 4.32. The highest BCUT2D eigenvalue weighted by atomic mass is 16.3. The Labute approximate surface area is 131 Å². The fraction of sp³-hybridized carbons (Fsp3) is 0.316. The third-order valence-corrected chi connectivity index (χ3v) is 4.84. The summed E-state index contributed by atoms with van der Waals surface area (Å²) in [4.78, 5) is 11.4. The molecule has 0 aliphatic heterocycles. The molecule has 0 spiro atoms. The van der Waals surface area contributed by atoms with Crippen molar-refractivity contribution >= 4 is 11.6 Å². The van der Waals surface area contributed by atoms with E-state index >= 15 is 0 Å². The maximum absolute atomic E-state index is 11.4. The number of aryl methyl sites for hydroxylation is 1. The summed E-state index contributed by atoms with van der Waals surface area (Å²) in [6.45, 7) is 9.61. The lowest BCUT2D eigenvalue weighted by Gasteiger charge is -2.18. The van der Waals surface area contributed by atoms with Gasteiger partial charge in [0.25, 0.3) is 0 Å². The standard InChI is InChI=1S/C19H21NO2/c1-9-6-7-14-8-15-11(3)18(20-13(5)21)19(22)12(4)17(15)16(14)10(9)2/h6-7,22H,8H2,1-5H3,(H,20,21). The molecule has 0 unspecified atom stereocenters. The maximum atomic E-state index is 11.4. The van der Waals surface area contributed by atoms with Gasteiger partial charge in [0, 0.05) is 12.5 Å². The third-order valence-electron chi connectivity index (χ3n) is 4.84. The molecular weight excluding hydrogens is 274 g/mol. The van der Waals surface area contributed by atoms with E-state index < -0.39 is 0 Å². The molecule has 1 aliphatic carbocycles. The Morgan fingerprint density at radius 3 is 2.36 bits per heavy atom. The first-order valence-corrected chi connectivity index (χ1v) is 7.55. The average Bonchev–Trinajstić information content (AvgIpc) is 2.85. The molecule has 114 valence electrons. The monoisotopic (exact) mass is 295 g/mol. The van der Waals surface area contributed by atoms with Crippen molar-refractivity contribution < 1.29 is 9.90 Å². The van der Waals surface area contributed by atoms with Crippen LogP contribution in [0.25, 0.3) is 11.1 Å². The normalized spacial score (nSPS) is 12.0. The summed E-state index contributed by atoms with van der Waals surface area (Å²) in [5.41, 5.74) is 9.77. The fourth-order valence-electron chi connectivity index (χ4n) is 3.49. The second kappa shape index (κ2) is 4.87. The van der Waals surface area contributed by atoms with Crippen LogP contribution in [0.1, 0.15) is 40.3 Å². The van der Waals surface area contributed by atoms with Crippen LogP contribution in [-0.2, 0) is 11.2 Å². The molecular formula is C19H21NO2. The number of aromatic hydroxyl groups is 1. The third kappa shape index (κ3) is 1.92. The Kier molecular flexibility index (Phi) is 3.24. The van der Waals surface area contributed by atoms with Crippen molar-refractivity contribution in [3.63, 3.8) is 0 Å². The van der Waals surface area contributed by atoms with Gasteiger partial charge in [0.1, 0.15) is 5.75 Å². The van der Waals surface area contributed by atoms with Gasteiger partial charge in [-0.2, -0.15) is 0 Å². The minimum Gasteiger partial charge on any atom is -0.505 e. The quantitative estimate of drug-likeness (QED) is 0.662. The SMILES string of the molecule is CC(=O)Nc1c(C)c2c(c(C)c1O)-c1c(ccc(C)c1C)C2. The first kappa shape index (κ1) is 14.6. The molecule has 22 heavy (non-hydrogen) atoms. The molecule has 0 heterocycles. The molecule has 3 heteroatoms. The summed E-state index contributed by atoms with van der Waals surface area (Å²) in [6.07, 6.45) is 0.853. The molecule has 0 radical (unpaired) electrons. The lowest BCUT2D eigenvalue weighted by atomic mass is 9.91. The number of rotatable bonds is 1. The Balaban J connectivity index is 2.33. The van der Waals surface area contributed by atoms with Crippen LogP contribution in [0.5, 0.6) is 5.75 Å². The molecule has 0 fully saturated rings. The van der Waals surface area contributed by atoms with Crippen molar-refractivity contribution in [3.8, 4) is 16.9 Å². The molecule has 0 bridgehead atoms. The molecule has 0 saturated heterocycles. The van der Waals surface area contributed by atoms with Crippen LogP contribution in [0.3, 0.4) is 0 Å². The Hall–Kier alpha value is -2.29. The van der Waals surface area contributed by atoms with Gasteiger partial charge in [0.2, 0.25) is 5.91 Å².